The van der Waals surface area contributed by atoms with Gasteiger partial charge in [0.05, 0.1) is 12.7 Å². The van der Waals surface area contributed by atoms with Gasteiger partial charge in [0.25, 0.3) is 5.16 Å². The third-order valence-corrected chi connectivity index (χ3v) is 4.62. The molecule has 2 aromatic heterocycles. The number of nitrogens with zero attached hydrogens (tertiary/aromatic N) is 3. The minimum Gasteiger partial charge on any atom is -0.465 e. The monoisotopic (exact) mass is 332 g/mol. The van der Waals surface area contributed by atoms with E-state index < -0.39 is 16.0 Å². The van der Waals surface area contributed by atoms with Gasteiger partial charge in [0.1, 0.15) is 6.33 Å². The van der Waals surface area contributed by atoms with Gasteiger partial charge in [-0.05, 0) is 5.56 Å². The molecular formula is C14H12N4O4S. The topological polar surface area (TPSA) is 107 Å². The molecule has 0 aliphatic heterocycles. The molecule has 0 radical (unpaired) electrons. The molecule has 0 spiro atoms. The molecule has 8 nitrogen and oxygen atoms in total. The predicted octanol–water partition coefficient (Wildman–Crippen LogP) is 1.30. The highest BCUT2D eigenvalue weighted by molar-refractivity contribution is 7.89. The second-order valence-electron chi connectivity index (χ2n) is 4.56. The Balaban J connectivity index is 2.18. The van der Waals surface area contributed by atoms with Crippen LogP contribution in [0.5, 0.6) is 0 Å². The lowest BCUT2D eigenvalue weighted by atomic mass is 10.1. The van der Waals surface area contributed by atoms with E-state index in [9.17, 15) is 13.2 Å². The Morgan fingerprint density at radius 2 is 1.96 bits per heavy atom. The Morgan fingerprint density at radius 3 is 2.57 bits per heavy atom. The summed E-state index contributed by atoms with van der Waals surface area (Å²) < 4.78 is 30.6. The maximum absolute atomic E-state index is 12.5. The molecule has 0 amide bonds. The molecule has 3 aromatic rings. The molecule has 0 aliphatic carbocycles. The number of hydrogen-bond donors (Lipinski definition) is 1. The van der Waals surface area contributed by atoms with Gasteiger partial charge in [0.2, 0.25) is 0 Å². The van der Waals surface area contributed by atoms with Crippen molar-refractivity contribution in [3.8, 4) is 11.1 Å². The van der Waals surface area contributed by atoms with Crippen LogP contribution in [-0.2, 0) is 14.8 Å². The Morgan fingerprint density at radius 1 is 1.22 bits per heavy atom. The molecule has 0 atom stereocenters. The molecule has 3 rings (SSSR count). The van der Waals surface area contributed by atoms with Crippen LogP contribution < -0.4 is 0 Å². The van der Waals surface area contributed by atoms with Crippen molar-refractivity contribution in [3.05, 3.63) is 54.6 Å². The lowest BCUT2D eigenvalue weighted by molar-refractivity contribution is 0.0601. The predicted molar refractivity (Wildman–Crippen MR) is 80.2 cm³/mol. The van der Waals surface area contributed by atoms with Gasteiger partial charge in [-0.3, -0.25) is 5.10 Å². The molecule has 118 valence electrons. The van der Waals surface area contributed by atoms with Crippen molar-refractivity contribution in [3.63, 3.8) is 0 Å². The normalized spacial score (nSPS) is 11.3. The maximum Gasteiger partial charge on any atom is 0.340 e. The van der Waals surface area contributed by atoms with Crippen molar-refractivity contribution < 1.29 is 17.9 Å². The summed E-state index contributed by atoms with van der Waals surface area (Å²) in [4.78, 5) is 15.6. The third kappa shape index (κ3) is 2.61. The van der Waals surface area contributed by atoms with Gasteiger partial charge in [0.15, 0.2) is 0 Å². The highest BCUT2D eigenvalue weighted by Gasteiger charge is 2.25. The van der Waals surface area contributed by atoms with Gasteiger partial charge in [-0.2, -0.15) is 8.42 Å². The lowest BCUT2D eigenvalue weighted by Gasteiger charge is -2.01. The number of aromatic amines is 1. The standard InChI is InChI=1S/C14H12N4O4S/c1-22-13(19)12-8-18(23(20,21)14-15-9-16-17-14)7-11(12)10-5-3-2-4-6-10/h2-9H,1H3,(H,15,16,17). The van der Waals surface area contributed by atoms with E-state index in [1.807, 2.05) is 6.07 Å². The third-order valence-electron chi connectivity index (χ3n) is 3.19. The van der Waals surface area contributed by atoms with E-state index in [-0.39, 0.29) is 10.7 Å². The Labute approximate surface area is 131 Å². The van der Waals surface area contributed by atoms with Crippen LogP contribution in [0, 0.1) is 0 Å². The van der Waals surface area contributed by atoms with Crippen molar-refractivity contribution in [2.24, 2.45) is 0 Å². The molecule has 2 heterocycles. The first-order valence-electron chi connectivity index (χ1n) is 6.51. The van der Waals surface area contributed by atoms with Gasteiger partial charge in [-0.15, -0.1) is 5.10 Å². The first-order chi connectivity index (χ1) is 11.0. The maximum atomic E-state index is 12.5. The number of nitrogens with one attached hydrogen (secondary N) is 1. The van der Waals surface area contributed by atoms with Crippen LogP contribution in [-0.4, -0.2) is 40.7 Å². The van der Waals surface area contributed by atoms with Crippen LogP contribution in [0.1, 0.15) is 10.4 Å². The quantitative estimate of drug-likeness (QED) is 0.722. The largest absolute Gasteiger partial charge is 0.465 e. The molecule has 0 bridgehead atoms. The number of benzene rings is 1. The number of aromatic nitrogens is 4. The number of H-pyrrole nitrogens is 1. The van der Waals surface area contributed by atoms with Gasteiger partial charge in [-0.1, -0.05) is 30.3 Å². The van der Waals surface area contributed by atoms with Crippen LogP contribution in [0.25, 0.3) is 11.1 Å². The van der Waals surface area contributed by atoms with E-state index in [1.54, 1.807) is 24.3 Å². The minimum atomic E-state index is -3.99. The zero-order valence-corrected chi connectivity index (χ0v) is 12.8. The van der Waals surface area contributed by atoms with Crippen molar-refractivity contribution >= 4 is 16.0 Å². The molecule has 9 heteroatoms. The fraction of sp³-hybridized carbons (Fsp3) is 0.0714. The van der Waals surface area contributed by atoms with Crippen molar-refractivity contribution in [2.75, 3.05) is 7.11 Å². The Bertz CT molecular complexity index is 931. The summed E-state index contributed by atoms with van der Waals surface area (Å²) in [6.45, 7) is 0. The van der Waals surface area contributed by atoms with E-state index in [0.717, 1.165) is 10.3 Å². The number of carbonyl (C=O) groups excluding carboxylic acids is 1. The highest BCUT2D eigenvalue weighted by atomic mass is 32.2. The van der Waals surface area contributed by atoms with Crippen LogP contribution in [0.15, 0.2) is 54.2 Å². The van der Waals surface area contributed by atoms with Crippen molar-refractivity contribution in [1.82, 2.24) is 19.2 Å². The molecule has 0 unspecified atom stereocenters. The molecule has 1 aromatic carbocycles. The first-order valence-corrected chi connectivity index (χ1v) is 7.95. The number of rotatable bonds is 4. The minimum absolute atomic E-state index is 0.137. The molecule has 23 heavy (non-hydrogen) atoms. The summed E-state index contributed by atoms with van der Waals surface area (Å²) in [5.41, 5.74) is 1.27. The van der Waals surface area contributed by atoms with Crippen molar-refractivity contribution in [1.29, 1.82) is 0 Å². The van der Waals surface area contributed by atoms with Gasteiger partial charge in [-0.25, -0.2) is 13.8 Å². The number of esters is 1. The van der Waals surface area contributed by atoms with Gasteiger partial charge in [0, 0.05) is 18.0 Å². The van der Waals surface area contributed by atoms with Crippen LogP contribution in [0.2, 0.25) is 0 Å². The lowest BCUT2D eigenvalue weighted by Crippen LogP contribution is -2.13. The second kappa shape index (κ2) is 5.69. The Hall–Kier alpha value is -2.94. The van der Waals surface area contributed by atoms with E-state index >= 15 is 0 Å². The van der Waals surface area contributed by atoms with Gasteiger partial charge < -0.3 is 4.74 Å². The molecule has 0 saturated heterocycles. The zero-order chi connectivity index (χ0) is 16.4. The second-order valence-corrected chi connectivity index (χ2v) is 6.30. The van der Waals surface area contributed by atoms with E-state index in [0.29, 0.717) is 11.1 Å². The van der Waals surface area contributed by atoms with E-state index in [1.165, 1.54) is 19.5 Å². The molecule has 1 N–H and O–H groups in total. The fourth-order valence-electron chi connectivity index (χ4n) is 2.11. The van der Waals surface area contributed by atoms with Crippen LogP contribution >= 0.6 is 0 Å². The molecular weight excluding hydrogens is 320 g/mol. The van der Waals surface area contributed by atoms with Crippen molar-refractivity contribution in [2.45, 2.75) is 5.16 Å². The Kier molecular flexibility index (Phi) is 3.70. The van der Waals surface area contributed by atoms with Crippen LogP contribution in [0.3, 0.4) is 0 Å². The molecule has 0 fully saturated rings. The highest BCUT2D eigenvalue weighted by Crippen LogP contribution is 2.27. The smallest absolute Gasteiger partial charge is 0.340 e. The number of hydrogen-bond acceptors (Lipinski definition) is 6. The summed E-state index contributed by atoms with van der Waals surface area (Å²) in [5, 5.41) is 5.54. The molecule has 0 aliphatic rings. The first kappa shape index (κ1) is 15.0. The number of ether oxygens (including phenoxy) is 1. The summed E-state index contributed by atoms with van der Waals surface area (Å²) >= 11 is 0. The SMILES string of the molecule is COC(=O)c1cn(S(=O)(=O)c2nc[nH]n2)cc1-c1ccccc1. The average molecular weight is 332 g/mol. The zero-order valence-electron chi connectivity index (χ0n) is 12.0. The summed E-state index contributed by atoms with van der Waals surface area (Å²) in [6, 6.07) is 8.94. The average Bonchev–Trinajstić information content (AvgIpc) is 3.25. The fourth-order valence-corrected chi connectivity index (χ4v) is 3.14. The number of methoxy groups -OCH3 is 1. The summed E-state index contributed by atoms with van der Waals surface area (Å²) in [5.74, 6) is -0.632. The summed E-state index contributed by atoms with van der Waals surface area (Å²) in [7, 11) is -2.76. The summed E-state index contributed by atoms with van der Waals surface area (Å²) in [6.07, 6.45) is 3.70. The molecule has 0 saturated carbocycles. The van der Waals surface area contributed by atoms with E-state index in [4.69, 9.17) is 4.74 Å². The van der Waals surface area contributed by atoms with Crippen LogP contribution in [0.4, 0.5) is 0 Å². The number of carbonyl (C=O) groups is 1. The van der Waals surface area contributed by atoms with Gasteiger partial charge >= 0.3 is 16.0 Å². The van der Waals surface area contributed by atoms with E-state index in [2.05, 4.69) is 15.2 Å².